The van der Waals surface area contributed by atoms with Crippen molar-refractivity contribution in [3.8, 4) is 0 Å². The average Bonchev–Trinajstić information content (AvgIpc) is 3.22. The summed E-state index contributed by atoms with van der Waals surface area (Å²) in [6, 6.07) is 0. The van der Waals surface area contributed by atoms with E-state index in [1.807, 2.05) is 0 Å². The second-order valence-electron chi connectivity index (χ2n) is 5.17. The zero-order valence-electron chi connectivity index (χ0n) is 12.6. The second kappa shape index (κ2) is 7.11. The number of primary amides is 1. The number of carbonyl (C=O) groups is 1. The van der Waals surface area contributed by atoms with Crippen LogP contribution in [0.2, 0.25) is 0 Å². The Morgan fingerprint density at radius 1 is 1.29 bits per heavy atom. The monoisotopic (exact) mass is 313 g/mol. The van der Waals surface area contributed by atoms with Crippen LogP contribution in [-0.4, -0.2) is 46.4 Å². The molecule has 1 aliphatic rings. The molecule has 118 valence electrons. The van der Waals surface area contributed by atoms with Crippen molar-refractivity contribution < 1.29 is 14.3 Å². The Kier molecular flexibility index (Phi) is 5.44. The van der Waals surface area contributed by atoms with Gasteiger partial charge in [0.05, 0.1) is 23.9 Å². The SMILES string of the molecule is COCCN(CCOC)c1sc(C(N)=O)c(N)c1C1CC1. The maximum Gasteiger partial charge on any atom is 0.260 e. The number of hydrogen-bond acceptors (Lipinski definition) is 6. The van der Waals surface area contributed by atoms with Gasteiger partial charge in [0.1, 0.15) is 4.88 Å². The van der Waals surface area contributed by atoms with Gasteiger partial charge in [0, 0.05) is 32.9 Å². The number of nitrogen functional groups attached to an aromatic ring is 1. The van der Waals surface area contributed by atoms with Crippen LogP contribution in [0.1, 0.15) is 34.0 Å². The number of methoxy groups -OCH3 is 2. The summed E-state index contributed by atoms with van der Waals surface area (Å²) in [5.41, 5.74) is 13.2. The molecule has 0 spiro atoms. The van der Waals surface area contributed by atoms with E-state index < -0.39 is 5.91 Å². The fraction of sp³-hybridized carbons (Fsp3) is 0.643. The number of amides is 1. The van der Waals surface area contributed by atoms with Crippen LogP contribution in [0, 0.1) is 0 Å². The quantitative estimate of drug-likeness (QED) is 0.719. The van der Waals surface area contributed by atoms with E-state index in [0.29, 0.717) is 29.7 Å². The molecule has 0 atom stereocenters. The molecule has 0 aromatic carbocycles. The molecule has 1 saturated carbocycles. The highest BCUT2D eigenvalue weighted by atomic mass is 32.1. The van der Waals surface area contributed by atoms with Crippen molar-refractivity contribution in [3.63, 3.8) is 0 Å². The van der Waals surface area contributed by atoms with Gasteiger partial charge in [0.2, 0.25) is 0 Å². The first-order valence-corrected chi connectivity index (χ1v) is 7.86. The number of hydrogen-bond donors (Lipinski definition) is 2. The fourth-order valence-electron chi connectivity index (χ4n) is 2.35. The summed E-state index contributed by atoms with van der Waals surface area (Å²) in [6.07, 6.45) is 2.24. The molecule has 1 aromatic heterocycles. The van der Waals surface area contributed by atoms with Gasteiger partial charge in [-0.05, 0) is 18.8 Å². The lowest BCUT2D eigenvalue weighted by atomic mass is 10.1. The van der Waals surface area contributed by atoms with Crippen LogP contribution in [0.25, 0.3) is 0 Å². The van der Waals surface area contributed by atoms with E-state index in [1.54, 1.807) is 14.2 Å². The predicted octanol–water partition coefficient (Wildman–Crippen LogP) is 1.41. The lowest BCUT2D eigenvalue weighted by molar-refractivity contribution is 0.100. The third-order valence-electron chi connectivity index (χ3n) is 3.59. The predicted molar refractivity (Wildman–Crippen MR) is 85.2 cm³/mol. The zero-order chi connectivity index (χ0) is 15.4. The molecule has 6 nitrogen and oxygen atoms in total. The first-order chi connectivity index (χ1) is 10.1. The van der Waals surface area contributed by atoms with Gasteiger partial charge in [0.15, 0.2) is 0 Å². The molecule has 1 fully saturated rings. The second-order valence-corrected chi connectivity index (χ2v) is 6.17. The Morgan fingerprint density at radius 2 is 1.86 bits per heavy atom. The highest BCUT2D eigenvalue weighted by molar-refractivity contribution is 7.18. The molecule has 7 heteroatoms. The number of anilines is 2. The Morgan fingerprint density at radius 3 is 2.29 bits per heavy atom. The minimum Gasteiger partial charge on any atom is -0.397 e. The van der Waals surface area contributed by atoms with E-state index in [-0.39, 0.29) is 0 Å². The largest absolute Gasteiger partial charge is 0.397 e. The molecule has 1 aromatic rings. The number of thiophene rings is 1. The van der Waals surface area contributed by atoms with E-state index in [9.17, 15) is 4.79 Å². The molecule has 0 unspecified atom stereocenters. The number of rotatable bonds is 9. The van der Waals surface area contributed by atoms with Gasteiger partial charge in [-0.2, -0.15) is 0 Å². The number of carbonyl (C=O) groups excluding carboxylic acids is 1. The molecule has 21 heavy (non-hydrogen) atoms. The fourth-order valence-corrected chi connectivity index (χ4v) is 3.56. The lowest BCUT2D eigenvalue weighted by Crippen LogP contribution is -2.30. The van der Waals surface area contributed by atoms with Gasteiger partial charge in [-0.3, -0.25) is 4.79 Å². The van der Waals surface area contributed by atoms with Gasteiger partial charge < -0.3 is 25.8 Å². The topological polar surface area (TPSA) is 90.8 Å². The summed E-state index contributed by atoms with van der Waals surface area (Å²) in [6.45, 7) is 2.69. The molecule has 0 aliphatic heterocycles. The third kappa shape index (κ3) is 3.66. The lowest BCUT2D eigenvalue weighted by Gasteiger charge is -2.24. The van der Waals surface area contributed by atoms with Gasteiger partial charge in [-0.15, -0.1) is 11.3 Å². The first-order valence-electron chi connectivity index (χ1n) is 7.04. The normalized spacial score (nSPS) is 14.4. The van der Waals surface area contributed by atoms with E-state index in [2.05, 4.69) is 4.90 Å². The Balaban J connectivity index is 2.32. The summed E-state index contributed by atoms with van der Waals surface area (Å²) in [7, 11) is 3.35. The summed E-state index contributed by atoms with van der Waals surface area (Å²) in [5, 5.41) is 1.04. The van der Waals surface area contributed by atoms with Gasteiger partial charge >= 0.3 is 0 Å². The zero-order valence-corrected chi connectivity index (χ0v) is 13.4. The van der Waals surface area contributed by atoms with Crippen molar-refractivity contribution >= 4 is 27.9 Å². The van der Waals surface area contributed by atoms with Gasteiger partial charge in [-0.1, -0.05) is 0 Å². The minimum atomic E-state index is -0.455. The maximum atomic E-state index is 11.6. The van der Waals surface area contributed by atoms with Gasteiger partial charge in [-0.25, -0.2) is 0 Å². The summed E-state index contributed by atoms with van der Waals surface area (Å²) < 4.78 is 10.3. The molecule has 0 saturated heterocycles. The van der Waals surface area contributed by atoms with Crippen LogP contribution in [0.4, 0.5) is 10.7 Å². The van der Waals surface area contributed by atoms with Crippen LogP contribution >= 0.6 is 11.3 Å². The van der Waals surface area contributed by atoms with E-state index in [1.165, 1.54) is 11.3 Å². The van der Waals surface area contributed by atoms with E-state index >= 15 is 0 Å². The number of ether oxygens (including phenoxy) is 2. The molecule has 2 rings (SSSR count). The molecule has 1 amide bonds. The smallest absolute Gasteiger partial charge is 0.260 e. The molecular weight excluding hydrogens is 290 g/mol. The highest BCUT2D eigenvalue weighted by Gasteiger charge is 2.34. The third-order valence-corrected chi connectivity index (χ3v) is 4.89. The standard InChI is InChI=1S/C14H23N3O3S/c1-19-7-5-17(6-8-20-2)14-10(9-3-4-9)11(15)12(21-14)13(16)18/h9H,3-8,15H2,1-2H3,(H2,16,18). The maximum absolute atomic E-state index is 11.6. The molecule has 1 heterocycles. The molecule has 4 N–H and O–H groups in total. The van der Waals surface area contributed by atoms with Crippen LogP contribution in [0.3, 0.4) is 0 Å². The molecular formula is C14H23N3O3S. The van der Waals surface area contributed by atoms with Gasteiger partial charge in [0.25, 0.3) is 5.91 Å². The first kappa shape index (κ1) is 16.1. The summed E-state index contributed by atoms with van der Waals surface area (Å²) in [5.74, 6) is 0.000947. The molecule has 0 radical (unpaired) electrons. The Bertz CT molecular complexity index is 492. The summed E-state index contributed by atoms with van der Waals surface area (Å²) in [4.78, 5) is 14.2. The van der Waals surface area contributed by atoms with Crippen LogP contribution in [0.15, 0.2) is 0 Å². The van der Waals surface area contributed by atoms with E-state index in [4.69, 9.17) is 20.9 Å². The van der Waals surface area contributed by atoms with Crippen LogP contribution in [0.5, 0.6) is 0 Å². The van der Waals surface area contributed by atoms with Crippen molar-refractivity contribution in [2.75, 3.05) is 51.2 Å². The number of nitrogens with zero attached hydrogens (tertiary/aromatic N) is 1. The van der Waals surface area contributed by atoms with Crippen LogP contribution < -0.4 is 16.4 Å². The van der Waals surface area contributed by atoms with Crippen molar-refractivity contribution in [2.45, 2.75) is 18.8 Å². The number of nitrogens with two attached hydrogens (primary N) is 2. The minimum absolute atomic E-state index is 0.455. The highest BCUT2D eigenvalue weighted by Crippen LogP contribution is 2.51. The van der Waals surface area contributed by atoms with Crippen molar-refractivity contribution in [2.24, 2.45) is 5.73 Å². The van der Waals surface area contributed by atoms with Crippen molar-refractivity contribution in [1.29, 1.82) is 0 Å². The van der Waals surface area contributed by atoms with Crippen LogP contribution in [-0.2, 0) is 9.47 Å². The summed E-state index contributed by atoms with van der Waals surface area (Å²) >= 11 is 1.39. The Labute approximate surface area is 129 Å². The molecule has 0 bridgehead atoms. The Hall–Kier alpha value is -1.31. The molecule has 1 aliphatic carbocycles. The van der Waals surface area contributed by atoms with Crippen molar-refractivity contribution in [1.82, 2.24) is 0 Å². The average molecular weight is 313 g/mol. The van der Waals surface area contributed by atoms with Crippen molar-refractivity contribution in [3.05, 3.63) is 10.4 Å². The van der Waals surface area contributed by atoms with E-state index in [0.717, 1.165) is 36.5 Å².